The van der Waals surface area contributed by atoms with Gasteiger partial charge in [-0.3, -0.25) is 0 Å². The van der Waals surface area contributed by atoms with Crippen LogP contribution in [0.3, 0.4) is 0 Å². The molecule has 2 fully saturated rings. The Hall–Kier alpha value is -2.57. The third-order valence-corrected chi connectivity index (χ3v) is 4.80. The Morgan fingerprint density at radius 1 is 0.750 bits per heavy atom. The number of nitrogens with two attached hydrogens (primary N) is 1. The zero-order valence-electron chi connectivity index (χ0n) is 13.8. The van der Waals surface area contributed by atoms with Crippen LogP contribution < -0.4 is 20.4 Å². The van der Waals surface area contributed by atoms with Gasteiger partial charge in [-0.25, -0.2) is 15.0 Å². The van der Waals surface area contributed by atoms with Gasteiger partial charge in [0, 0.05) is 45.5 Å². The fraction of sp³-hybridized carbons (Fsp3) is 0.471. The van der Waals surface area contributed by atoms with Crippen molar-refractivity contribution in [3.63, 3.8) is 0 Å². The molecule has 7 nitrogen and oxygen atoms in total. The van der Waals surface area contributed by atoms with Crippen LogP contribution in [0.1, 0.15) is 12.8 Å². The van der Waals surface area contributed by atoms with Crippen LogP contribution in [0.4, 0.5) is 23.1 Å². The van der Waals surface area contributed by atoms with Crippen molar-refractivity contribution < 1.29 is 0 Å². The molecule has 0 aliphatic carbocycles. The summed E-state index contributed by atoms with van der Waals surface area (Å²) >= 11 is 0. The lowest BCUT2D eigenvalue weighted by Gasteiger charge is -2.36. The van der Waals surface area contributed by atoms with E-state index in [-0.39, 0.29) is 0 Å². The maximum Gasteiger partial charge on any atom is 0.157 e. The molecule has 24 heavy (non-hydrogen) atoms. The summed E-state index contributed by atoms with van der Waals surface area (Å²) in [4.78, 5) is 20.1. The summed E-state index contributed by atoms with van der Waals surface area (Å²) in [5.41, 5.74) is 7.12. The van der Waals surface area contributed by atoms with Crippen molar-refractivity contribution in [1.82, 2.24) is 15.0 Å². The van der Waals surface area contributed by atoms with Crippen molar-refractivity contribution in [3.05, 3.63) is 30.7 Å². The Bertz CT molecular complexity index is 677. The number of hydrogen-bond acceptors (Lipinski definition) is 7. The van der Waals surface area contributed by atoms with E-state index < -0.39 is 0 Å². The zero-order chi connectivity index (χ0) is 16.4. The average molecular weight is 325 g/mol. The highest BCUT2D eigenvalue weighted by Gasteiger charge is 2.24. The second-order valence-corrected chi connectivity index (χ2v) is 6.29. The maximum atomic E-state index is 6.41. The number of rotatable bonds is 3. The fourth-order valence-corrected chi connectivity index (χ4v) is 3.50. The number of anilines is 4. The van der Waals surface area contributed by atoms with E-state index in [2.05, 4.69) is 35.7 Å². The van der Waals surface area contributed by atoms with Crippen LogP contribution in [0.2, 0.25) is 0 Å². The van der Waals surface area contributed by atoms with Crippen molar-refractivity contribution in [1.29, 1.82) is 0 Å². The van der Waals surface area contributed by atoms with Crippen molar-refractivity contribution in [3.8, 4) is 0 Å². The molecule has 2 aromatic rings. The van der Waals surface area contributed by atoms with Crippen molar-refractivity contribution in [2.45, 2.75) is 12.8 Å². The minimum atomic E-state index is 0.714. The molecule has 0 unspecified atom stereocenters. The standard InChI is InChI=1S/C17H23N7/c18-15-16(23-7-3-4-8-23)20-13-21-17(15)24-11-9-22(10-12-24)14-5-1-2-6-19-14/h1-2,5-6,13H,3-4,7-12,18H2. The first-order valence-corrected chi connectivity index (χ1v) is 8.59. The van der Waals surface area contributed by atoms with E-state index in [9.17, 15) is 0 Å². The Balaban J connectivity index is 1.48. The van der Waals surface area contributed by atoms with Crippen molar-refractivity contribution in [2.75, 3.05) is 59.7 Å². The van der Waals surface area contributed by atoms with Crippen LogP contribution >= 0.6 is 0 Å². The van der Waals surface area contributed by atoms with Crippen LogP contribution in [0.15, 0.2) is 30.7 Å². The molecule has 2 aliphatic heterocycles. The minimum absolute atomic E-state index is 0.714. The molecule has 0 atom stereocenters. The third kappa shape index (κ3) is 2.81. The molecule has 2 N–H and O–H groups in total. The molecule has 0 bridgehead atoms. The molecule has 0 spiro atoms. The maximum absolute atomic E-state index is 6.41. The van der Waals surface area contributed by atoms with Crippen LogP contribution in [0.5, 0.6) is 0 Å². The summed E-state index contributed by atoms with van der Waals surface area (Å²) in [6, 6.07) is 6.03. The van der Waals surface area contributed by atoms with Crippen LogP contribution in [-0.4, -0.2) is 54.2 Å². The monoisotopic (exact) mass is 325 g/mol. The highest BCUT2D eigenvalue weighted by atomic mass is 15.3. The Morgan fingerprint density at radius 3 is 2.00 bits per heavy atom. The second-order valence-electron chi connectivity index (χ2n) is 6.29. The van der Waals surface area contributed by atoms with Gasteiger partial charge in [-0.05, 0) is 25.0 Å². The summed E-state index contributed by atoms with van der Waals surface area (Å²) in [5.74, 6) is 2.79. The summed E-state index contributed by atoms with van der Waals surface area (Å²) in [7, 11) is 0. The predicted molar refractivity (Wildman–Crippen MR) is 96.6 cm³/mol. The predicted octanol–water partition coefficient (Wildman–Crippen LogP) is 1.38. The van der Waals surface area contributed by atoms with E-state index in [0.29, 0.717) is 5.69 Å². The van der Waals surface area contributed by atoms with E-state index in [4.69, 9.17) is 5.73 Å². The molecule has 0 saturated carbocycles. The number of piperazine rings is 1. The first-order chi connectivity index (χ1) is 11.8. The van der Waals surface area contributed by atoms with Gasteiger partial charge in [-0.1, -0.05) is 6.07 Å². The van der Waals surface area contributed by atoms with Gasteiger partial charge in [0.15, 0.2) is 11.6 Å². The lowest BCUT2D eigenvalue weighted by atomic mass is 10.2. The molecule has 7 heteroatoms. The van der Waals surface area contributed by atoms with Crippen LogP contribution in [-0.2, 0) is 0 Å². The summed E-state index contributed by atoms with van der Waals surface area (Å²) in [6.07, 6.45) is 5.90. The van der Waals surface area contributed by atoms with E-state index in [1.54, 1.807) is 6.33 Å². The van der Waals surface area contributed by atoms with Crippen molar-refractivity contribution in [2.24, 2.45) is 0 Å². The highest BCUT2D eigenvalue weighted by Crippen LogP contribution is 2.31. The molecule has 2 aromatic heterocycles. The topological polar surface area (TPSA) is 74.4 Å². The lowest BCUT2D eigenvalue weighted by molar-refractivity contribution is 0.641. The van der Waals surface area contributed by atoms with E-state index in [0.717, 1.165) is 56.7 Å². The molecule has 2 aliphatic rings. The molecule has 2 saturated heterocycles. The summed E-state index contributed by atoms with van der Waals surface area (Å²) < 4.78 is 0. The van der Waals surface area contributed by atoms with Gasteiger partial charge < -0.3 is 20.4 Å². The largest absolute Gasteiger partial charge is 0.393 e. The molecule has 4 heterocycles. The first kappa shape index (κ1) is 15.0. The van der Waals surface area contributed by atoms with Gasteiger partial charge in [0.25, 0.3) is 0 Å². The van der Waals surface area contributed by atoms with Gasteiger partial charge in [0.05, 0.1) is 0 Å². The van der Waals surface area contributed by atoms with Gasteiger partial charge in [0.1, 0.15) is 17.8 Å². The summed E-state index contributed by atoms with van der Waals surface area (Å²) in [5, 5.41) is 0. The first-order valence-electron chi connectivity index (χ1n) is 8.59. The Kier molecular flexibility index (Phi) is 4.06. The molecular formula is C17H23N7. The molecule has 0 amide bonds. The Labute approximate surface area is 142 Å². The minimum Gasteiger partial charge on any atom is -0.393 e. The second kappa shape index (κ2) is 6.51. The van der Waals surface area contributed by atoms with Gasteiger partial charge in [-0.2, -0.15) is 0 Å². The van der Waals surface area contributed by atoms with E-state index in [1.807, 2.05) is 18.3 Å². The molecule has 0 radical (unpaired) electrons. The van der Waals surface area contributed by atoms with Crippen molar-refractivity contribution >= 4 is 23.1 Å². The van der Waals surface area contributed by atoms with Gasteiger partial charge >= 0.3 is 0 Å². The number of nitrogens with zero attached hydrogens (tertiary/aromatic N) is 6. The van der Waals surface area contributed by atoms with Crippen LogP contribution in [0, 0.1) is 0 Å². The quantitative estimate of drug-likeness (QED) is 0.914. The smallest absolute Gasteiger partial charge is 0.157 e. The normalized spacial score (nSPS) is 18.2. The van der Waals surface area contributed by atoms with Gasteiger partial charge in [0.2, 0.25) is 0 Å². The molecular weight excluding hydrogens is 302 g/mol. The lowest BCUT2D eigenvalue weighted by Crippen LogP contribution is -2.47. The molecule has 126 valence electrons. The third-order valence-electron chi connectivity index (χ3n) is 4.80. The highest BCUT2D eigenvalue weighted by molar-refractivity contribution is 5.76. The zero-order valence-corrected chi connectivity index (χ0v) is 13.8. The number of hydrogen-bond donors (Lipinski definition) is 1. The van der Waals surface area contributed by atoms with E-state index in [1.165, 1.54) is 12.8 Å². The number of nitrogen functional groups attached to an aromatic ring is 1. The van der Waals surface area contributed by atoms with Gasteiger partial charge in [-0.15, -0.1) is 0 Å². The molecule has 0 aromatic carbocycles. The average Bonchev–Trinajstić information content (AvgIpc) is 3.17. The molecule has 4 rings (SSSR count). The van der Waals surface area contributed by atoms with E-state index >= 15 is 0 Å². The SMILES string of the molecule is Nc1c(N2CCCC2)ncnc1N1CCN(c2ccccn2)CC1. The summed E-state index contributed by atoms with van der Waals surface area (Å²) in [6.45, 7) is 5.68. The Morgan fingerprint density at radius 2 is 1.38 bits per heavy atom. The fourth-order valence-electron chi connectivity index (χ4n) is 3.50. The number of pyridine rings is 1. The number of aromatic nitrogens is 3. The van der Waals surface area contributed by atoms with Crippen LogP contribution in [0.25, 0.3) is 0 Å².